The maximum atomic E-state index is 13.2. The van der Waals surface area contributed by atoms with Crippen molar-refractivity contribution in [3.05, 3.63) is 115 Å². The van der Waals surface area contributed by atoms with Gasteiger partial charge in [-0.2, -0.15) is 5.10 Å². The Labute approximate surface area is 212 Å². The predicted molar refractivity (Wildman–Crippen MR) is 137 cm³/mol. The van der Waals surface area contributed by atoms with E-state index >= 15 is 0 Å². The van der Waals surface area contributed by atoms with Crippen LogP contribution in [0, 0.1) is 13.8 Å². The number of nitrogens with zero attached hydrogens (tertiary/aromatic N) is 2. The van der Waals surface area contributed by atoms with Gasteiger partial charge in [0.25, 0.3) is 5.91 Å². The quantitative estimate of drug-likeness (QED) is 0.283. The highest BCUT2D eigenvalue weighted by atomic mass is 35.5. The fraction of sp³-hybridized carbons (Fsp3) is 0.115. The molecule has 8 heteroatoms. The number of aromatic nitrogens is 2. The number of carbonyl (C=O) groups excluding carboxylic acids is 2. The number of ketones is 1. The van der Waals surface area contributed by atoms with Gasteiger partial charge in [0.2, 0.25) is 0 Å². The molecule has 1 amide bonds. The van der Waals surface area contributed by atoms with Gasteiger partial charge in [0, 0.05) is 16.1 Å². The lowest BCUT2D eigenvalue weighted by Crippen LogP contribution is -2.17. The number of aryl methyl sites for hydroxylation is 1. The number of hydrogen-bond acceptors (Lipinski definition) is 3. The lowest BCUT2D eigenvalue weighted by molar-refractivity contribution is 0.0996. The van der Waals surface area contributed by atoms with Gasteiger partial charge in [-0.3, -0.25) is 14.3 Å². The molecular weight excluding hydrogens is 493 g/mol. The van der Waals surface area contributed by atoms with Gasteiger partial charge < -0.3 is 5.32 Å². The average Bonchev–Trinajstić information content (AvgIpc) is 3.08. The summed E-state index contributed by atoms with van der Waals surface area (Å²) in [5.41, 5.74) is 3.99. The Morgan fingerprint density at radius 3 is 2.24 bits per heavy atom. The third-order valence-electron chi connectivity index (χ3n) is 5.46. The highest BCUT2D eigenvalue weighted by molar-refractivity contribution is 6.42. The standard InChI is InChI=1S/C26H20Cl3N3O2/c1-15-24(16(2)32(31-15)14-17-7-12-22(28)23(29)13-17)30-26(34)21-6-4-3-5-20(21)25(33)18-8-10-19(27)11-9-18/h3-13H,14H2,1-2H3,(H,30,34). The van der Waals surface area contributed by atoms with E-state index in [-0.39, 0.29) is 11.3 Å². The second-order valence-electron chi connectivity index (χ2n) is 7.79. The maximum Gasteiger partial charge on any atom is 0.256 e. The molecule has 3 aromatic carbocycles. The number of nitrogens with one attached hydrogen (secondary N) is 1. The Bertz CT molecular complexity index is 1400. The third kappa shape index (κ3) is 5.02. The summed E-state index contributed by atoms with van der Waals surface area (Å²) in [6.07, 6.45) is 0. The van der Waals surface area contributed by atoms with Gasteiger partial charge in [0.15, 0.2) is 5.78 Å². The molecule has 34 heavy (non-hydrogen) atoms. The first kappa shape index (κ1) is 24.0. The molecule has 1 aromatic heterocycles. The second kappa shape index (κ2) is 10.0. The number of carbonyl (C=O) groups is 2. The first-order valence-corrected chi connectivity index (χ1v) is 11.6. The average molecular weight is 513 g/mol. The fourth-order valence-electron chi connectivity index (χ4n) is 3.66. The summed E-state index contributed by atoms with van der Waals surface area (Å²) in [5.74, 6) is -0.649. The normalized spacial score (nSPS) is 10.9. The van der Waals surface area contributed by atoms with Crippen molar-refractivity contribution in [1.82, 2.24) is 9.78 Å². The molecule has 0 atom stereocenters. The first-order valence-electron chi connectivity index (χ1n) is 10.4. The van der Waals surface area contributed by atoms with Crippen molar-refractivity contribution in [2.45, 2.75) is 20.4 Å². The minimum absolute atomic E-state index is 0.258. The molecule has 1 heterocycles. The second-order valence-corrected chi connectivity index (χ2v) is 9.04. The lowest BCUT2D eigenvalue weighted by atomic mass is 9.98. The molecule has 0 aliphatic heterocycles. The van der Waals surface area contributed by atoms with Crippen LogP contribution in [0.3, 0.4) is 0 Å². The van der Waals surface area contributed by atoms with Crippen molar-refractivity contribution in [3.8, 4) is 0 Å². The SMILES string of the molecule is Cc1nn(Cc2ccc(Cl)c(Cl)c2)c(C)c1NC(=O)c1ccccc1C(=O)c1ccc(Cl)cc1. The van der Waals surface area contributed by atoms with Crippen LogP contribution in [-0.4, -0.2) is 21.5 Å². The number of hydrogen-bond donors (Lipinski definition) is 1. The zero-order valence-corrected chi connectivity index (χ0v) is 20.7. The molecule has 5 nitrogen and oxygen atoms in total. The predicted octanol–water partition coefficient (Wildman–Crippen LogP) is 6.99. The van der Waals surface area contributed by atoms with Crippen LogP contribution in [0.5, 0.6) is 0 Å². The van der Waals surface area contributed by atoms with Gasteiger partial charge in [-0.05, 0) is 61.9 Å². The van der Waals surface area contributed by atoms with Crippen LogP contribution in [0.4, 0.5) is 5.69 Å². The molecule has 0 saturated heterocycles. The van der Waals surface area contributed by atoms with Gasteiger partial charge in [-0.1, -0.05) is 59.1 Å². The topological polar surface area (TPSA) is 64.0 Å². The van der Waals surface area contributed by atoms with Crippen LogP contribution < -0.4 is 5.32 Å². The molecule has 0 unspecified atom stereocenters. The summed E-state index contributed by atoms with van der Waals surface area (Å²) < 4.78 is 1.79. The Kier molecular flexibility index (Phi) is 7.08. The summed E-state index contributed by atoms with van der Waals surface area (Å²) in [7, 11) is 0. The van der Waals surface area contributed by atoms with Gasteiger partial charge in [0.1, 0.15) is 0 Å². The Balaban J connectivity index is 1.60. The van der Waals surface area contributed by atoms with Crippen LogP contribution in [0.25, 0.3) is 0 Å². The van der Waals surface area contributed by atoms with Gasteiger partial charge in [-0.25, -0.2) is 0 Å². The van der Waals surface area contributed by atoms with Crippen LogP contribution in [-0.2, 0) is 6.54 Å². The highest BCUT2D eigenvalue weighted by Crippen LogP contribution is 2.26. The molecule has 172 valence electrons. The number of halogens is 3. The lowest BCUT2D eigenvalue weighted by Gasteiger charge is -2.11. The molecule has 0 aliphatic rings. The van der Waals surface area contributed by atoms with Crippen LogP contribution in [0.15, 0.2) is 66.7 Å². The van der Waals surface area contributed by atoms with E-state index < -0.39 is 5.91 Å². The zero-order valence-electron chi connectivity index (χ0n) is 18.4. The Hall–Kier alpha value is -3.12. The van der Waals surface area contributed by atoms with Crippen LogP contribution >= 0.6 is 34.8 Å². The smallest absolute Gasteiger partial charge is 0.256 e. The largest absolute Gasteiger partial charge is 0.319 e. The highest BCUT2D eigenvalue weighted by Gasteiger charge is 2.21. The number of amides is 1. The molecule has 0 aliphatic carbocycles. The summed E-state index contributed by atoms with van der Waals surface area (Å²) in [4.78, 5) is 26.3. The fourth-order valence-corrected chi connectivity index (χ4v) is 4.11. The molecule has 4 rings (SSSR count). The monoisotopic (exact) mass is 511 g/mol. The number of benzene rings is 3. The molecule has 0 spiro atoms. The summed E-state index contributed by atoms with van der Waals surface area (Å²) in [6.45, 7) is 4.15. The van der Waals surface area contributed by atoms with E-state index in [0.717, 1.165) is 11.3 Å². The maximum absolute atomic E-state index is 13.2. The Morgan fingerprint density at radius 2 is 1.56 bits per heavy atom. The van der Waals surface area contributed by atoms with E-state index in [4.69, 9.17) is 34.8 Å². The van der Waals surface area contributed by atoms with Crippen molar-refractivity contribution in [2.24, 2.45) is 0 Å². The minimum Gasteiger partial charge on any atom is -0.319 e. The molecule has 4 aromatic rings. The molecular formula is C26H20Cl3N3O2. The number of anilines is 1. The van der Waals surface area contributed by atoms with E-state index in [1.807, 2.05) is 19.9 Å². The van der Waals surface area contributed by atoms with Crippen LogP contribution in [0.1, 0.15) is 43.2 Å². The van der Waals surface area contributed by atoms with E-state index in [0.29, 0.717) is 44.1 Å². The van der Waals surface area contributed by atoms with E-state index in [2.05, 4.69) is 10.4 Å². The molecule has 0 radical (unpaired) electrons. The first-order chi connectivity index (χ1) is 16.2. The van der Waals surface area contributed by atoms with Gasteiger partial charge >= 0.3 is 0 Å². The van der Waals surface area contributed by atoms with Crippen molar-refractivity contribution >= 4 is 52.2 Å². The van der Waals surface area contributed by atoms with Crippen LogP contribution in [0.2, 0.25) is 15.1 Å². The zero-order chi connectivity index (χ0) is 24.4. The molecule has 0 saturated carbocycles. The Morgan fingerprint density at radius 1 is 0.882 bits per heavy atom. The van der Waals surface area contributed by atoms with Crippen molar-refractivity contribution in [1.29, 1.82) is 0 Å². The number of rotatable bonds is 6. The minimum atomic E-state index is -0.391. The van der Waals surface area contributed by atoms with Crippen molar-refractivity contribution < 1.29 is 9.59 Å². The summed E-state index contributed by atoms with van der Waals surface area (Å²) in [6, 6.07) is 18.7. The van der Waals surface area contributed by atoms with E-state index in [1.54, 1.807) is 65.3 Å². The van der Waals surface area contributed by atoms with E-state index in [9.17, 15) is 9.59 Å². The summed E-state index contributed by atoms with van der Waals surface area (Å²) in [5, 5.41) is 8.99. The van der Waals surface area contributed by atoms with Gasteiger partial charge in [-0.15, -0.1) is 0 Å². The van der Waals surface area contributed by atoms with Crippen molar-refractivity contribution in [2.75, 3.05) is 5.32 Å². The molecule has 0 bridgehead atoms. The third-order valence-corrected chi connectivity index (χ3v) is 6.45. The molecule has 1 N–H and O–H groups in total. The van der Waals surface area contributed by atoms with E-state index in [1.165, 1.54) is 0 Å². The van der Waals surface area contributed by atoms with Crippen molar-refractivity contribution in [3.63, 3.8) is 0 Å². The summed E-state index contributed by atoms with van der Waals surface area (Å²) >= 11 is 18.1. The molecule has 0 fully saturated rings. The van der Waals surface area contributed by atoms with Gasteiger partial charge in [0.05, 0.1) is 39.2 Å².